The molecule has 1 aliphatic heterocycles. The number of benzene rings is 2. The molecule has 2 N–H and O–H groups in total. The molecule has 9 heteroatoms. The number of hydrogen-bond acceptors (Lipinski definition) is 7. The molecule has 154 valence electrons. The summed E-state index contributed by atoms with van der Waals surface area (Å²) in [5.74, 6) is -0.336. The first-order valence-electron chi connectivity index (χ1n) is 9.46. The normalized spacial score (nSPS) is 14.1. The van der Waals surface area contributed by atoms with E-state index in [-0.39, 0.29) is 18.4 Å². The van der Waals surface area contributed by atoms with Gasteiger partial charge in [-0.3, -0.25) is 14.5 Å². The largest absolute Gasteiger partial charge is 0.330 e. The maximum atomic E-state index is 13.1. The molecule has 4 rings (SSSR count). The van der Waals surface area contributed by atoms with Crippen LogP contribution in [-0.2, 0) is 9.59 Å². The van der Waals surface area contributed by atoms with Crippen LogP contribution in [0.15, 0.2) is 46.8 Å². The topological polar surface area (TPSA) is 87.2 Å². The molecule has 2 aromatic carbocycles. The second-order valence-corrected chi connectivity index (χ2v) is 9.56. The van der Waals surface area contributed by atoms with E-state index in [4.69, 9.17) is 0 Å². The van der Waals surface area contributed by atoms with Gasteiger partial charge >= 0.3 is 0 Å². The Bertz CT molecular complexity index is 1110. The Hall–Kier alpha value is -2.91. The van der Waals surface area contributed by atoms with Crippen LogP contribution < -0.4 is 15.5 Å². The number of fused-ring (bicyclic) bond motifs is 1. The van der Waals surface area contributed by atoms with Gasteiger partial charge in [0.25, 0.3) is 0 Å². The van der Waals surface area contributed by atoms with Crippen LogP contribution in [0.5, 0.6) is 0 Å². The van der Waals surface area contributed by atoms with Crippen LogP contribution >= 0.6 is 23.1 Å². The minimum absolute atomic E-state index is 0.0102. The van der Waals surface area contributed by atoms with Gasteiger partial charge in [0.15, 0.2) is 4.34 Å². The van der Waals surface area contributed by atoms with Crippen molar-refractivity contribution in [3.05, 3.63) is 53.6 Å². The molecule has 0 spiro atoms. The summed E-state index contributed by atoms with van der Waals surface area (Å²) < 4.78 is 0.693. The van der Waals surface area contributed by atoms with Gasteiger partial charge in [-0.15, -0.1) is 10.2 Å². The zero-order chi connectivity index (χ0) is 21.3. The van der Waals surface area contributed by atoms with E-state index < -0.39 is 5.25 Å². The number of carbonyl (C=O) groups is 2. The molecule has 0 radical (unpaired) electrons. The fraction of sp³-hybridized carbons (Fsp3) is 0.238. The highest BCUT2D eigenvalue weighted by molar-refractivity contribution is 8.02. The highest BCUT2D eigenvalue weighted by atomic mass is 32.2. The van der Waals surface area contributed by atoms with Crippen molar-refractivity contribution in [1.82, 2.24) is 10.2 Å². The van der Waals surface area contributed by atoms with Crippen molar-refractivity contribution in [1.29, 1.82) is 0 Å². The lowest BCUT2D eigenvalue weighted by Crippen LogP contribution is -2.45. The van der Waals surface area contributed by atoms with E-state index in [1.165, 1.54) is 33.6 Å². The lowest BCUT2D eigenvalue weighted by Gasteiger charge is -2.30. The summed E-state index contributed by atoms with van der Waals surface area (Å²) in [6.45, 7) is 5.95. The minimum Gasteiger partial charge on any atom is -0.330 e. The van der Waals surface area contributed by atoms with Gasteiger partial charge in [-0.2, -0.15) is 0 Å². The first kappa shape index (κ1) is 20.4. The standard InChI is InChI=1S/C21H21N5O2S2/c1-12-7-6-9-15(13(12)2)23-20-24-25-21(30-20)29-14(3)19(28)26-11-18(27)22-16-8-4-5-10-17(16)26/h4-10,14H,11H2,1-3H3,(H,22,27)(H,23,24). The lowest BCUT2D eigenvalue weighted by molar-refractivity contribution is -0.121. The fourth-order valence-electron chi connectivity index (χ4n) is 3.16. The van der Waals surface area contributed by atoms with Crippen molar-refractivity contribution in [3.63, 3.8) is 0 Å². The number of para-hydroxylation sites is 2. The van der Waals surface area contributed by atoms with Crippen molar-refractivity contribution in [2.24, 2.45) is 0 Å². The average molecular weight is 440 g/mol. The number of hydrogen-bond donors (Lipinski definition) is 2. The van der Waals surface area contributed by atoms with Crippen molar-refractivity contribution in [2.45, 2.75) is 30.4 Å². The number of nitrogens with zero attached hydrogens (tertiary/aromatic N) is 3. The molecule has 1 aliphatic rings. The van der Waals surface area contributed by atoms with E-state index in [0.717, 1.165) is 11.3 Å². The number of thioether (sulfide) groups is 1. The summed E-state index contributed by atoms with van der Waals surface area (Å²) in [5, 5.41) is 14.8. The first-order chi connectivity index (χ1) is 14.4. The number of amides is 2. The van der Waals surface area contributed by atoms with Crippen LogP contribution in [0.3, 0.4) is 0 Å². The second kappa shape index (κ2) is 8.45. The summed E-state index contributed by atoms with van der Waals surface area (Å²) in [4.78, 5) is 26.6. The van der Waals surface area contributed by atoms with Crippen LogP contribution in [0.2, 0.25) is 0 Å². The minimum atomic E-state index is -0.412. The van der Waals surface area contributed by atoms with Gasteiger partial charge in [-0.05, 0) is 50.1 Å². The molecule has 0 saturated heterocycles. The number of aryl methyl sites for hydroxylation is 1. The Morgan fingerprint density at radius 1 is 1.20 bits per heavy atom. The fourth-order valence-corrected chi connectivity index (χ4v) is 5.13. The van der Waals surface area contributed by atoms with Crippen LogP contribution in [0.4, 0.5) is 22.2 Å². The number of carbonyl (C=O) groups excluding carboxylic acids is 2. The summed E-state index contributed by atoms with van der Waals surface area (Å²) >= 11 is 2.74. The molecule has 3 aromatic rings. The Morgan fingerprint density at radius 3 is 2.83 bits per heavy atom. The summed E-state index contributed by atoms with van der Waals surface area (Å²) in [7, 11) is 0. The molecule has 0 bridgehead atoms. The Labute approximate surface area is 182 Å². The molecule has 0 fully saturated rings. The molecule has 0 saturated carbocycles. The van der Waals surface area contributed by atoms with E-state index in [1.807, 2.05) is 37.3 Å². The SMILES string of the molecule is Cc1cccc(Nc2nnc(SC(C)C(=O)N3CC(=O)Nc4ccccc43)s2)c1C. The van der Waals surface area contributed by atoms with Gasteiger partial charge in [0, 0.05) is 5.69 Å². The van der Waals surface area contributed by atoms with Crippen molar-refractivity contribution >= 4 is 57.1 Å². The van der Waals surface area contributed by atoms with Crippen LogP contribution in [0, 0.1) is 13.8 Å². The molecular weight excluding hydrogens is 418 g/mol. The molecule has 1 atom stereocenters. The number of nitrogens with one attached hydrogen (secondary N) is 2. The zero-order valence-electron chi connectivity index (χ0n) is 16.8. The van der Waals surface area contributed by atoms with Gasteiger partial charge in [-0.1, -0.05) is 47.4 Å². The monoisotopic (exact) mass is 439 g/mol. The smallest absolute Gasteiger partial charge is 0.244 e. The van der Waals surface area contributed by atoms with Crippen molar-refractivity contribution in [2.75, 3.05) is 22.1 Å². The summed E-state index contributed by atoms with van der Waals surface area (Å²) in [6.07, 6.45) is 0. The van der Waals surface area contributed by atoms with Gasteiger partial charge in [0.1, 0.15) is 6.54 Å². The molecule has 30 heavy (non-hydrogen) atoms. The quantitative estimate of drug-likeness (QED) is 0.574. The second-order valence-electron chi connectivity index (χ2n) is 7.00. The van der Waals surface area contributed by atoms with Crippen LogP contribution in [0.1, 0.15) is 18.1 Å². The van der Waals surface area contributed by atoms with Gasteiger partial charge < -0.3 is 10.6 Å². The van der Waals surface area contributed by atoms with Crippen LogP contribution in [-0.4, -0.2) is 33.8 Å². The van der Waals surface area contributed by atoms with E-state index in [2.05, 4.69) is 40.7 Å². The summed E-state index contributed by atoms with van der Waals surface area (Å²) in [5.41, 5.74) is 4.71. The predicted octanol–water partition coefficient (Wildman–Crippen LogP) is 4.36. The number of aromatic nitrogens is 2. The molecular formula is C21H21N5O2S2. The number of anilines is 4. The third-order valence-electron chi connectivity index (χ3n) is 4.91. The predicted molar refractivity (Wildman–Crippen MR) is 122 cm³/mol. The Balaban J connectivity index is 1.46. The maximum absolute atomic E-state index is 13.1. The molecule has 1 unspecified atom stereocenters. The van der Waals surface area contributed by atoms with Crippen molar-refractivity contribution < 1.29 is 9.59 Å². The zero-order valence-corrected chi connectivity index (χ0v) is 18.4. The van der Waals surface area contributed by atoms with Crippen LogP contribution in [0.25, 0.3) is 0 Å². The Kier molecular flexibility index (Phi) is 5.74. The average Bonchev–Trinajstić information content (AvgIpc) is 3.17. The van der Waals surface area contributed by atoms with Gasteiger partial charge in [0.05, 0.1) is 16.6 Å². The highest BCUT2D eigenvalue weighted by Crippen LogP contribution is 2.34. The van der Waals surface area contributed by atoms with Gasteiger partial charge in [0.2, 0.25) is 16.9 Å². The Morgan fingerprint density at radius 2 is 2.00 bits per heavy atom. The molecule has 0 aliphatic carbocycles. The van der Waals surface area contributed by atoms with E-state index in [9.17, 15) is 9.59 Å². The third-order valence-corrected chi connectivity index (χ3v) is 6.93. The van der Waals surface area contributed by atoms with E-state index in [1.54, 1.807) is 6.07 Å². The molecule has 2 amide bonds. The number of rotatable bonds is 5. The van der Waals surface area contributed by atoms with Gasteiger partial charge in [-0.25, -0.2) is 0 Å². The van der Waals surface area contributed by atoms with Crippen molar-refractivity contribution in [3.8, 4) is 0 Å². The highest BCUT2D eigenvalue weighted by Gasteiger charge is 2.30. The molecule has 7 nitrogen and oxygen atoms in total. The first-order valence-corrected chi connectivity index (χ1v) is 11.2. The lowest BCUT2D eigenvalue weighted by atomic mass is 10.1. The third kappa shape index (κ3) is 4.17. The maximum Gasteiger partial charge on any atom is 0.244 e. The van der Waals surface area contributed by atoms with E-state index >= 15 is 0 Å². The van der Waals surface area contributed by atoms with E-state index in [0.29, 0.717) is 20.8 Å². The molecule has 1 aromatic heterocycles. The summed E-state index contributed by atoms with van der Waals surface area (Å²) in [6, 6.07) is 13.4. The molecule has 2 heterocycles.